The van der Waals surface area contributed by atoms with Crippen molar-refractivity contribution in [3.8, 4) is 0 Å². The Kier molecular flexibility index (Phi) is 4.28. The predicted molar refractivity (Wildman–Crippen MR) is 84.6 cm³/mol. The topological polar surface area (TPSA) is 37.3 Å². The molecule has 108 valence electrons. The first-order chi connectivity index (χ1) is 9.38. The number of aliphatic carboxylic acids is 1. The Bertz CT molecular complexity index is 519. The molecule has 1 unspecified atom stereocenters. The van der Waals surface area contributed by atoms with Gasteiger partial charge in [-0.2, -0.15) is 0 Å². The molecule has 0 saturated heterocycles. The lowest BCUT2D eigenvalue weighted by Gasteiger charge is -2.45. The van der Waals surface area contributed by atoms with Gasteiger partial charge in [0.15, 0.2) is 0 Å². The molecule has 0 saturated carbocycles. The number of hydrogen-bond donors (Lipinski definition) is 1. The summed E-state index contributed by atoms with van der Waals surface area (Å²) in [6.07, 6.45) is 4.01. The lowest BCUT2D eigenvalue weighted by atomic mass is 9.61. The highest BCUT2D eigenvalue weighted by Gasteiger charge is 2.51. The Labute approximate surface area is 125 Å². The first kappa shape index (κ1) is 15.2. The first-order valence-corrected chi connectivity index (χ1v) is 7.97. The normalized spacial score (nSPS) is 25.1. The second-order valence-electron chi connectivity index (χ2n) is 6.20. The number of hydrogen-bond acceptors (Lipinski definition) is 2. The van der Waals surface area contributed by atoms with Crippen molar-refractivity contribution >= 4 is 17.7 Å². The van der Waals surface area contributed by atoms with Crippen LogP contribution in [0.25, 0.3) is 0 Å². The van der Waals surface area contributed by atoms with Crippen LogP contribution in [0, 0.1) is 10.8 Å². The summed E-state index contributed by atoms with van der Waals surface area (Å²) in [5, 5.41) is 9.75. The minimum atomic E-state index is -0.787. The molecule has 0 amide bonds. The van der Waals surface area contributed by atoms with Gasteiger partial charge in [-0.05, 0) is 35.6 Å². The summed E-state index contributed by atoms with van der Waals surface area (Å²) >= 11 is 1.67. The van der Waals surface area contributed by atoms with E-state index in [2.05, 4.69) is 32.1 Å². The zero-order valence-electron chi connectivity index (χ0n) is 12.3. The average molecular weight is 290 g/mol. The third-order valence-electron chi connectivity index (χ3n) is 4.61. The first-order valence-electron chi connectivity index (χ1n) is 6.99. The third kappa shape index (κ3) is 2.64. The van der Waals surface area contributed by atoms with Crippen molar-refractivity contribution in [2.24, 2.45) is 10.8 Å². The van der Waals surface area contributed by atoms with Crippen molar-refractivity contribution in [2.75, 3.05) is 0 Å². The smallest absolute Gasteiger partial charge is 0.314 e. The standard InChI is InChI=1S/C17H22O2S/c1-16(2)11-7-10-14(17(16,3)15(18)19)20-12-13-8-5-4-6-9-13/h4-6,8-10H,7,11-12H2,1-3H3,(H,18,19). The van der Waals surface area contributed by atoms with Gasteiger partial charge in [-0.15, -0.1) is 11.8 Å². The van der Waals surface area contributed by atoms with Gasteiger partial charge in [0.05, 0.1) is 0 Å². The van der Waals surface area contributed by atoms with Crippen molar-refractivity contribution in [1.29, 1.82) is 0 Å². The number of carbonyl (C=O) groups is 1. The van der Waals surface area contributed by atoms with Crippen LogP contribution in [-0.2, 0) is 10.5 Å². The molecule has 0 radical (unpaired) electrons. The van der Waals surface area contributed by atoms with Gasteiger partial charge >= 0.3 is 5.97 Å². The number of carboxylic acid groups (broad SMARTS) is 1. The monoisotopic (exact) mass is 290 g/mol. The highest BCUT2D eigenvalue weighted by atomic mass is 32.2. The molecular weight excluding hydrogens is 268 g/mol. The van der Waals surface area contributed by atoms with Gasteiger partial charge in [0.25, 0.3) is 0 Å². The van der Waals surface area contributed by atoms with Gasteiger partial charge < -0.3 is 5.11 Å². The van der Waals surface area contributed by atoms with E-state index in [4.69, 9.17) is 0 Å². The Morgan fingerprint density at radius 3 is 2.50 bits per heavy atom. The Morgan fingerprint density at radius 1 is 1.25 bits per heavy atom. The summed E-state index contributed by atoms with van der Waals surface area (Å²) in [7, 11) is 0. The van der Waals surface area contributed by atoms with Gasteiger partial charge in [-0.25, -0.2) is 0 Å². The molecule has 0 fully saturated rings. The van der Waals surface area contributed by atoms with Gasteiger partial charge in [-0.1, -0.05) is 50.3 Å². The molecule has 0 heterocycles. The molecule has 0 aliphatic heterocycles. The molecule has 2 rings (SSSR count). The zero-order chi connectivity index (χ0) is 14.8. The Morgan fingerprint density at radius 2 is 1.90 bits per heavy atom. The molecule has 0 aromatic heterocycles. The molecule has 20 heavy (non-hydrogen) atoms. The molecule has 1 atom stereocenters. The van der Waals surface area contributed by atoms with E-state index in [0.717, 1.165) is 23.5 Å². The van der Waals surface area contributed by atoms with Crippen LogP contribution in [-0.4, -0.2) is 11.1 Å². The van der Waals surface area contributed by atoms with Gasteiger partial charge in [0.2, 0.25) is 0 Å². The second-order valence-corrected chi connectivity index (χ2v) is 7.21. The molecule has 0 spiro atoms. The maximum absolute atomic E-state index is 11.9. The fourth-order valence-electron chi connectivity index (χ4n) is 2.69. The number of allylic oxidation sites excluding steroid dienone is 1. The van der Waals surface area contributed by atoms with Crippen LogP contribution >= 0.6 is 11.8 Å². The largest absolute Gasteiger partial charge is 0.481 e. The fourth-order valence-corrected chi connectivity index (χ4v) is 4.09. The zero-order valence-corrected chi connectivity index (χ0v) is 13.2. The van der Waals surface area contributed by atoms with Crippen LogP contribution in [0.5, 0.6) is 0 Å². The number of carboxylic acids is 1. The van der Waals surface area contributed by atoms with E-state index >= 15 is 0 Å². The van der Waals surface area contributed by atoms with Crippen LogP contribution in [0.1, 0.15) is 39.2 Å². The van der Waals surface area contributed by atoms with E-state index in [1.165, 1.54) is 5.56 Å². The number of thioether (sulfide) groups is 1. The summed E-state index contributed by atoms with van der Waals surface area (Å²) in [5.41, 5.74) is 0.228. The molecule has 1 aromatic carbocycles. The van der Waals surface area contributed by atoms with Gasteiger partial charge in [0, 0.05) is 5.75 Å². The SMILES string of the molecule is CC1(C)CCC=C(SCc2ccccc2)C1(C)C(=O)O. The Hall–Kier alpha value is -1.22. The van der Waals surface area contributed by atoms with E-state index in [1.807, 2.05) is 25.1 Å². The minimum Gasteiger partial charge on any atom is -0.481 e. The summed E-state index contributed by atoms with van der Waals surface area (Å²) in [6.45, 7) is 6.01. The maximum atomic E-state index is 11.9. The van der Waals surface area contributed by atoms with Crippen molar-refractivity contribution in [3.63, 3.8) is 0 Å². The van der Waals surface area contributed by atoms with Crippen molar-refractivity contribution in [3.05, 3.63) is 46.9 Å². The molecule has 1 aliphatic carbocycles. The van der Waals surface area contributed by atoms with E-state index in [-0.39, 0.29) is 5.41 Å². The average Bonchev–Trinajstić information content (AvgIpc) is 2.41. The summed E-state index contributed by atoms with van der Waals surface area (Å²) in [4.78, 5) is 12.9. The quantitative estimate of drug-likeness (QED) is 0.872. The molecular formula is C17H22O2S. The van der Waals surface area contributed by atoms with E-state index < -0.39 is 11.4 Å². The van der Waals surface area contributed by atoms with Crippen LogP contribution in [0.4, 0.5) is 0 Å². The van der Waals surface area contributed by atoms with Crippen molar-refractivity contribution in [2.45, 2.75) is 39.4 Å². The third-order valence-corrected chi connectivity index (χ3v) is 5.97. The highest BCUT2D eigenvalue weighted by molar-refractivity contribution is 8.02. The van der Waals surface area contributed by atoms with Crippen molar-refractivity contribution < 1.29 is 9.90 Å². The van der Waals surface area contributed by atoms with Crippen LogP contribution < -0.4 is 0 Å². The summed E-state index contributed by atoms with van der Waals surface area (Å²) < 4.78 is 0. The van der Waals surface area contributed by atoms with E-state index in [1.54, 1.807) is 11.8 Å². The summed E-state index contributed by atoms with van der Waals surface area (Å²) in [5.74, 6) is 0.111. The van der Waals surface area contributed by atoms with Crippen molar-refractivity contribution in [1.82, 2.24) is 0 Å². The van der Waals surface area contributed by atoms with Gasteiger partial charge in [0.1, 0.15) is 5.41 Å². The molecule has 0 bridgehead atoms. The Balaban J connectivity index is 2.21. The van der Waals surface area contributed by atoms with Crippen LogP contribution in [0.15, 0.2) is 41.3 Å². The van der Waals surface area contributed by atoms with Crippen LogP contribution in [0.3, 0.4) is 0 Å². The molecule has 2 nitrogen and oxygen atoms in total. The summed E-state index contributed by atoms with van der Waals surface area (Å²) in [6, 6.07) is 10.2. The molecule has 1 aromatic rings. The minimum absolute atomic E-state index is 0.216. The second kappa shape index (κ2) is 5.65. The number of benzene rings is 1. The molecule has 1 N–H and O–H groups in total. The predicted octanol–water partition coefficient (Wildman–Crippen LogP) is 4.71. The van der Waals surface area contributed by atoms with Crippen LogP contribution in [0.2, 0.25) is 0 Å². The highest BCUT2D eigenvalue weighted by Crippen LogP contribution is 2.54. The van der Waals surface area contributed by atoms with E-state index in [9.17, 15) is 9.90 Å². The fraction of sp³-hybridized carbons (Fsp3) is 0.471. The van der Waals surface area contributed by atoms with E-state index in [0.29, 0.717) is 0 Å². The van der Waals surface area contributed by atoms with Gasteiger partial charge in [-0.3, -0.25) is 4.79 Å². The maximum Gasteiger partial charge on any atom is 0.314 e. The molecule has 3 heteroatoms. The lowest BCUT2D eigenvalue weighted by molar-refractivity contribution is -0.152. The number of rotatable bonds is 4. The lowest BCUT2D eigenvalue weighted by Crippen LogP contribution is -2.44. The molecule has 1 aliphatic rings.